The van der Waals surface area contributed by atoms with Crippen molar-refractivity contribution in [3.05, 3.63) is 66.1 Å². The Hall–Kier alpha value is -3.09. The average Bonchev–Trinajstić information content (AvgIpc) is 3.08. The number of nitrogens with zero attached hydrogens (tertiary/aromatic N) is 2. The van der Waals surface area contributed by atoms with E-state index < -0.39 is 0 Å². The maximum absolute atomic E-state index is 12.9. The number of nitrogens with two attached hydrogens (primary N) is 1. The predicted molar refractivity (Wildman–Crippen MR) is 86.2 cm³/mol. The fraction of sp³-hybridized carbons (Fsp3) is 0.125. The molecule has 118 valence electrons. The van der Waals surface area contributed by atoms with Crippen molar-refractivity contribution in [1.29, 1.82) is 0 Å². The SMILES string of the molecule is Nc1c(NCc2ccc(F)cc2)ncnc1NCc1ccco1. The van der Waals surface area contributed by atoms with Gasteiger partial charge in [0.05, 0.1) is 12.8 Å². The molecule has 1 aromatic carbocycles. The van der Waals surface area contributed by atoms with Crippen LogP contribution in [0.3, 0.4) is 0 Å². The topological polar surface area (TPSA) is 89.0 Å². The Kier molecular flexibility index (Phi) is 4.37. The molecule has 0 spiro atoms. The summed E-state index contributed by atoms with van der Waals surface area (Å²) >= 11 is 0. The van der Waals surface area contributed by atoms with Crippen LogP contribution >= 0.6 is 0 Å². The minimum atomic E-state index is -0.264. The van der Waals surface area contributed by atoms with Crippen LogP contribution in [0.1, 0.15) is 11.3 Å². The third kappa shape index (κ3) is 3.76. The summed E-state index contributed by atoms with van der Waals surface area (Å²) in [5, 5.41) is 6.22. The van der Waals surface area contributed by atoms with E-state index in [1.165, 1.54) is 18.5 Å². The predicted octanol–water partition coefficient (Wildman–Crippen LogP) is 3.02. The Bertz CT molecular complexity index is 759. The standard InChI is InChI=1S/C16H16FN5O/c17-12-5-3-11(4-6-12)8-19-15-14(18)16(22-10-21-15)20-9-13-2-1-7-23-13/h1-7,10H,8-9,18H2,(H2,19,20,21,22). The molecule has 0 aliphatic rings. The van der Waals surface area contributed by atoms with Crippen molar-refractivity contribution in [3.8, 4) is 0 Å². The minimum absolute atomic E-state index is 0.264. The molecule has 0 unspecified atom stereocenters. The van der Waals surface area contributed by atoms with Gasteiger partial charge in [-0.3, -0.25) is 0 Å². The van der Waals surface area contributed by atoms with Crippen LogP contribution in [0.25, 0.3) is 0 Å². The molecule has 2 heterocycles. The molecule has 6 nitrogen and oxygen atoms in total. The molecular weight excluding hydrogens is 297 g/mol. The van der Waals surface area contributed by atoms with E-state index in [9.17, 15) is 4.39 Å². The van der Waals surface area contributed by atoms with E-state index in [-0.39, 0.29) is 5.82 Å². The van der Waals surface area contributed by atoms with E-state index in [1.807, 2.05) is 12.1 Å². The number of hydrogen-bond acceptors (Lipinski definition) is 6. The molecule has 0 aliphatic heterocycles. The first kappa shape index (κ1) is 14.8. The van der Waals surface area contributed by atoms with Gasteiger partial charge in [0, 0.05) is 6.54 Å². The van der Waals surface area contributed by atoms with Gasteiger partial charge in [0.1, 0.15) is 23.6 Å². The van der Waals surface area contributed by atoms with Gasteiger partial charge in [-0.2, -0.15) is 0 Å². The van der Waals surface area contributed by atoms with Gasteiger partial charge in [0.15, 0.2) is 11.6 Å². The van der Waals surface area contributed by atoms with Crippen LogP contribution < -0.4 is 16.4 Å². The van der Waals surface area contributed by atoms with Crippen LogP contribution in [0.4, 0.5) is 21.7 Å². The lowest BCUT2D eigenvalue weighted by Crippen LogP contribution is -2.09. The Morgan fingerprint density at radius 1 is 1.00 bits per heavy atom. The molecule has 0 atom stereocenters. The Morgan fingerprint density at radius 3 is 2.35 bits per heavy atom. The minimum Gasteiger partial charge on any atom is -0.467 e. The monoisotopic (exact) mass is 313 g/mol. The number of hydrogen-bond donors (Lipinski definition) is 3. The Balaban J connectivity index is 1.65. The lowest BCUT2D eigenvalue weighted by atomic mass is 10.2. The van der Waals surface area contributed by atoms with Crippen LogP contribution in [0.2, 0.25) is 0 Å². The van der Waals surface area contributed by atoms with Gasteiger partial charge in [-0.25, -0.2) is 14.4 Å². The van der Waals surface area contributed by atoms with Crippen LogP contribution in [0, 0.1) is 5.82 Å². The number of nitrogen functional groups attached to an aromatic ring is 1. The molecule has 0 saturated heterocycles. The number of rotatable bonds is 6. The summed E-state index contributed by atoms with van der Waals surface area (Å²) in [6.07, 6.45) is 3.03. The maximum atomic E-state index is 12.9. The number of furan rings is 1. The molecule has 0 amide bonds. The van der Waals surface area contributed by atoms with Gasteiger partial charge in [0.2, 0.25) is 0 Å². The van der Waals surface area contributed by atoms with Crippen LogP contribution in [0.15, 0.2) is 53.4 Å². The van der Waals surface area contributed by atoms with Crippen molar-refractivity contribution in [2.24, 2.45) is 0 Å². The lowest BCUT2D eigenvalue weighted by Gasteiger charge is -2.12. The quantitative estimate of drug-likeness (QED) is 0.648. The maximum Gasteiger partial charge on any atom is 0.155 e. The molecule has 2 aromatic heterocycles. The zero-order chi connectivity index (χ0) is 16.1. The van der Waals surface area contributed by atoms with Crippen molar-refractivity contribution in [2.75, 3.05) is 16.4 Å². The summed E-state index contributed by atoms with van der Waals surface area (Å²) < 4.78 is 18.1. The second-order valence-electron chi connectivity index (χ2n) is 4.90. The summed E-state index contributed by atoms with van der Waals surface area (Å²) in [6.45, 7) is 0.963. The van der Waals surface area contributed by atoms with Crippen molar-refractivity contribution < 1.29 is 8.81 Å². The zero-order valence-corrected chi connectivity index (χ0v) is 12.3. The fourth-order valence-electron chi connectivity index (χ4n) is 2.05. The van der Waals surface area contributed by atoms with Gasteiger partial charge in [-0.15, -0.1) is 0 Å². The second kappa shape index (κ2) is 6.78. The molecule has 0 radical (unpaired) electrons. The molecule has 0 saturated carbocycles. The molecule has 7 heteroatoms. The normalized spacial score (nSPS) is 10.5. The van der Waals surface area contributed by atoms with Crippen molar-refractivity contribution in [3.63, 3.8) is 0 Å². The molecule has 0 bridgehead atoms. The molecule has 3 aromatic rings. The third-order valence-electron chi connectivity index (χ3n) is 3.27. The van der Waals surface area contributed by atoms with E-state index in [4.69, 9.17) is 10.2 Å². The van der Waals surface area contributed by atoms with E-state index in [2.05, 4.69) is 20.6 Å². The van der Waals surface area contributed by atoms with Crippen molar-refractivity contribution >= 4 is 17.3 Å². The average molecular weight is 313 g/mol. The molecule has 4 N–H and O–H groups in total. The number of benzene rings is 1. The van der Waals surface area contributed by atoms with Gasteiger partial charge < -0.3 is 20.8 Å². The van der Waals surface area contributed by atoms with Crippen molar-refractivity contribution in [1.82, 2.24) is 9.97 Å². The molecule has 0 fully saturated rings. The summed E-state index contributed by atoms with van der Waals surface area (Å²) in [5.41, 5.74) is 7.41. The largest absolute Gasteiger partial charge is 0.467 e. The number of halogens is 1. The van der Waals surface area contributed by atoms with E-state index >= 15 is 0 Å². The van der Waals surface area contributed by atoms with Gasteiger partial charge >= 0.3 is 0 Å². The molecule has 0 aliphatic carbocycles. The van der Waals surface area contributed by atoms with Crippen molar-refractivity contribution in [2.45, 2.75) is 13.1 Å². The van der Waals surface area contributed by atoms with Gasteiger partial charge in [-0.05, 0) is 29.8 Å². The highest BCUT2D eigenvalue weighted by Gasteiger charge is 2.08. The number of aromatic nitrogens is 2. The first-order chi connectivity index (χ1) is 11.2. The first-order valence-electron chi connectivity index (χ1n) is 7.07. The highest BCUT2D eigenvalue weighted by molar-refractivity contribution is 5.73. The van der Waals surface area contributed by atoms with Crippen LogP contribution in [0.5, 0.6) is 0 Å². The third-order valence-corrected chi connectivity index (χ3v) is 3.27. The van der Waals surface area contributed by atoms with E-state index in [0.29, 0.717) is 30.4 Å². The zero-order valence-electron chi connectivity index (χ0n) is 12.3. The van der Waals surface area contributed by atoms with E-state index in [0.717, 1.165) is 11.3 Å². The Morgan fingerprint density at radius 2 is 1.70 bits per heavy atom. The summed E-state index contributed by atoms with van der Waals surface area (Å²) in [4.78, 5) is 8.26. The summed E-state index contributed by atoms with van der Waals surface area (Å²) in [6, 6.07) is 9.91. The second-order valence-corrected chi connectivity index (χ2v) is 4.90. The summed E-state index contributed by atoms with van der Waals surface area (Å²) in [5.74, 6) is 1.56. The van der Waals surface area contributed by atoms with Gasteiger partial charge in [0.25, 0.3) is 0 Å². The molecular formula is C16H16FN5O. The number of anilines is 3. The summed E-state index contributed by atoms with van der Waals surface area (Å²) in [7, 11) is 0. The smallest absolute Gasteiger partial charge is 0.155 e. The fourth-order valence-corrected chi connectivity index (χ4v) is 2.05. The first-order valence-corrected chi connectivity index (χ1v) is 7.07. The molecule has 23 heavy (non-hydrogen) atoms. The molecule has 3 rings (SSSR count). The van der Waals surface area contributed by atoms with Crippen LogP contribution in [-0.2, 0) is 13.1 Å². The lowest BCUT2D eigenvalue weighted by molar-refractivity contribution is 0.518. The van der Waals surface area contributed by atoms with Crippen LogP contribution in [-0.4, -0.2) is 9.97 Å². The highest BCUT2D eigenvalue weighted by atomic mass is 19.1. The highest BCUT2D eigenvalue weighted by Crippen LogP contribution is 2.23. The van der Waals surface area contributed by atoms with E-state index in [1.54, 1.807) is 18.4 Å². The Labute approximate surface area is 132 Å². The number of nitrogens with one attached hydrogen (secondary N) is 2. The van der Waals surface area contributed by atoms with Gasteiger partial charge in [-0.1, -0.05) is 12.1 Å².